The Balaban J connectivity index is 2.88. The van der Waals surface area contributed by atoms with Crippen LogP contribution in [0.1, 0.15) is 11.3 Å². The standard InChI is InChI=1S/C12H14N2O2/c1-7-5-8-3-4-14-9(6-15)10(8)11(13)12(7)16-2/h3-5,15H,6,13H2,1-2H3. The monoisotopic (exact) mass is 218 g/mol. The van der Waals surface area contributed by atoms with E-state index in [0.29, 0.717) is 17.1 Å². The summed E-state index contributed by atoms with van der Waals surface area (Å²) in [4.78, 5) is 4.11. The third-order valence-corrected chi connectivity index (χ3v) is 2.66. The SMILES string of the molecule is COc1c(C)cc2ccnc(CO)c2c1N. The maximum absolute atomic E-state index is 9.23. The van der Waals surface area contributed by atoms with E-state index in [0.717, 1.165) is 16.3 Å². The van der Waals surface area contributed by atoms with E-state index >= 15 is 0 Å². The summed E-state index contributed by atoms with van der Waals surface area (Å²) in [5, 5.41) is 11.0. The molecule has 0 unspecified atom stereocenters. The quantitative estimate of drug-likeness (QED) is 0.752. The molecule has 1 aromatic carbocycles. The molecule has 84 valence electrons. The first-order chi connectivity index (χ1) is 7.69. The molecule has 0 saturated carbocycles. The molecule has 2 rings (SSSR count). The van der Waals surface area contributed by atoms with E-state index in [2.05, 4.69) is 4.98 Å². The number of nitrogens with zero attached hydrogens (tertiary/aromatic N) is 1. The van der Waals surface area contributed by atoms with Crippen LogP contribution in [-0.2, 0) is 6.61 Å². The lowest BCUT2D eigenvalue weighted by Crippen LogP contribution is -2.00. The first-order valence-corrected chi connectivity index (χ1v) is 5.00. The molecule has 0 atom stereocenters. The van der Waals surface area contributed by atoms with E-state index in [4.69, 9.17) is 10.5 Å². The van der Waals surface area contributed by atoms with Crippen molar-refractivity contribution in [2.24, 2.45) is 0 Å². The minimum absolute atomic E-state index is 0.131. The summed E-state index contributed by atoms with van der Waals surface area (Å²) in [6.45, 7) is 1.81. The van der Waals surface area contributed by atoms with Crippen LogP contribution in [0.3, 0.4) is 0 Å². The molecule has 2 aromatic rings. The number of fused-ring (bicyclic) bond motifs is 1. The Labute approximate surface area is 93.7 Å². The Kier molecular flexibility index (Phi) is 2.66. The van der Waals surface area contributed by atoms with Gasteiger partial charge in [-0.3, -0.25) is 4.98 Å². The van der Waals surface area contributed by atoms with Gasteiger partial charge in [0, 0.05) is 11.6 Å². The second-order valence-electron chi connectivity index (χ2n) is 3.65. The number of hydrogen-bond acceptors (Lipinski definition) is 4. The molecule has 0 aliphatic rings. The van der Waals surface area contributed by atoms with Crippen LogP contribution in [0.25, 0.3) is 10.8 Å². The van der Waals surface area contributed by atoms with E-state index in [1.807, 2.05) is 19.1 Å². The van der Waals surface area contributed by atoms with Crippen molar-refractivity contribution in [1.82, 2.24) is 4.98 Å². The van der Waals surface area contributed by atoms with Crippen molar-refractivity contribution >= 4 is 16.5 Å². The van der Waals surface area contributed by atoms with E-state index in [1.54, 1.807) is 13.3 Å². The summed E-state index contributed by atoms with van der Waals surface area (Å²) < 4.78 is 5.25. The zero-order valence-corrected chi connectivity index (χ0v) is 9.32. The van der Waals surface area contributed by atoms with E-state index in [-0.39, 0.29) is 6.61 Å². The van der Waals surface area contributed by atoms with Crippen molar-refractivity contribution in [2.45, 2.75) is 13.5 Å². The van der Waals surface area contributed by atoms with Crippen LogP contribution in [0.2, 0.25) is 0 Å². The van der Waals surface area contributed by atoms with Gasteiger partial charge >= 0.3 is 0 Å². The summed E-state index contributed by atoms with van der Waals surface area (Å²) in [5.41, 5.74) is 8.12. The van der Waals surface area contributed by atoms with Crippen LogP contribution < -0.4 is 10.5 Å². The number of aromatic nitrogens is 1. The number of hydrogen-bond donors (Lipinski definition) is 2. The molecule has 16 heavy (non-hydrogen) atoms. The average Bonchev–Trinajstić information content (AvgIpc) is 2.28. The van der Waals surface area contributed by atoms with Crippen molar-refractivity contribution in [3.8, 4) is 5.75 Å². The maximum Gasteiger partial charge on any atom is 0.145 e. The van der Waals surface area contributed by atoms with Crippen LogP contribution >= 0.6 is 0 Å². The van der Waals surface area contributed by atoms with Crippen LogP contribution in [-0.4, -0.2) is 17.2 Å². The first kappa shape index (κ1) is 10.7. The molecule has 0 aliphatic carbocycles. The Morgan fingerprint density at radius 1 is 1.50 bits per heavy atom. The Hall–Kier alpha value is -1.81. The van der Waals surface area contributed by atoms with Gasteiger partial charge in [-0.2, -0.15) is 0 Å². The van der Waals surface area contributed by atoms with E-state index in [9.17, 15) is 5.11 Å². The van der Waals surface area contributed by atoms with Gasteiger partial charge in [-0.1, -0.05) is 0 Å². The largest absolute Gasteiger partial charge is 0.494 e. The smallest absolute Gasteiger partial charge is 0.145 e. The molecule has 0 bridgehead atoms. The third-order valence-electron chi connectivity index (χ3n) is 2.66. The van der Waals surface area contributed by atoms with Crippen LogP contribution in [0.5, 0.6) is 5.75 Å². The molecule has 1 aromatic heterocycles. The van der Waals surface area contributed by atoms with Crippen LogP contribution in [0.15, 0.2) is 18.3 Å². The third kappa shape index (κ3) is 1.47. The van der Waals surface area contributed by atoms with Gasteiger partial charge in [-0.15, -0.1) is 0 Å². The van der Waals surface area contributed by atoms with E-state index in [1.165, 1.54) is 0 Å². The number of methoxy groups -OCH3 is 1. The molecule has 0 saturated heterocycles. The topological polar surface area (TPSA) is 68.4 Å². The van der Waals surface area contributed by atoms with Gasteiger partial charge in [0.1, 0.15) is 5.75 Å². The maximum atomic E-state index is 9.23. The number of ether oxygens (including phenoxy) is 1. The van der Waals surface area contributed by atoms with Crippen molar-refractivity contribution < 1.29 is 9.84 Å². The molecule has 0 radical (unpaired) electrons. The van der Waals surface area contributed by atoms with Gasteiger partial charge in [0.25, 0.3) is 0 Å². The Bertz CT molecular complexity index is 538. The van der Waals surface area contributed by atoms with Crippen LogP contribution in [0, 0.1) is 6.92 Å². The fraction of sp³-hybridized carbons (Fsp3) is 0.250. The summed E-state index contributed by atoms with van der Waals surface area (Å²) in [6.07, 6.45) is 1.67. The molecule has 4 nitrogen and oxygen atoms in total. The average molecular weight is 218 g/mol. The molecule has 1 heterocycles. The van der Waals surface area contributed by atoms with Crippen LogP contribution in [0.4, 0.5) is 5.69 Å². The lowest BCUT2D eigenvalue weighted by Gasteiger charge is -2.13. The lowest BCUT2D eigenvalue weighted by molar-refractivity contribution is 0.278. The van der Waals surface area contributed by atoms with Crippen molar-refractivity contribution in [3.05, 3.63) is 29.6 Å². The summed E-state index contributed by atoms with van der Waals surface area (Å²) in [5.74, 6) is 0.648. The fourth-order valence-electron chi connectivity index (χ4n) is 1.97. The normalized spacial score (nSPS) is 10.7. The van der Waals surface area contributed by atoms with Gasteiger partial charge in [-0.25, -0.2) is 0 Å². The van der Waals surface area contributed by atoms with Gasteiger partial charge in [-0.05, 0) is 30.0 Å². The zero-order valence-electron chi connectivity index (χ0n) is 9.32. The predicted octanol–water partition coefficient (Wildman–Crippen LogP) is 1.63. The number of aliphatic hydroxyl groups excluding tert-OH is 1. The first-order valence-electron chi connectivity index (χ1n) is 5.00. The highest BCUT2D eigenvalue weighted by atomic mass is 16.5. The minimum Gasteiger partial charge on any atom is -0.494 e. The number of aryl methyl sites for hydroxylation is 1. The van der Waals surface area contributed by atoms with E-state index < -0.39 is 0 Å². The fourth-order valence-corrected chi connectivity index (χ4v) is 1.97. The number of nitrogens with two attached hydrogens (primary N) is 1. The van der Waals surface area contributed by atoms with Gasteiger partial charge in [0.05, 0.1) is 25.1 Å². The van der Waals surface area contributed by atoms with Crippen molar-refractivity contribution in [2.75, 3.05) is 12.8 Å². The molecule has 0 aliphatic heterocycles. The number of aliphatic hydroxyl groups is 1. The highest BCUT2D eigenvalue weighted by Gasteiger charge is 2.12. The lowest BCUT2D eigenvalue weighted by atomic mass is 10.0. The minimum atomic E-state index is -0.131. The molecular formula is C12H14N2O2. The molecule has 3 N–H and O–H groups in total. The summed E-state index contributed by atoms with van der Waals surface area (Å²) in [7, 11) is 1.58. The highest BCUT2D eigenvalue weighted by molar-refractivity contribution is 5.98. The highest BCUT2D eigenvalue weighted by Crippen LogP contribution is 2.35. The molecular weight excluding hydrogens is 204 g/mol. The second-order valence-corrected chi connectivity index (χ2v) is 3.65. The Morgan fingerprint density at radius 3 is 2.88 bits per heavy atom. The van der Waals surface area contributed by atoms with Gasteiger partial charge in [0.2, 0.25) is 0 Å². The summed E-state index contributed by atoms with van der Waals surface area (Å²) in [6, 6.07) is 3.85. The number of pyridine rings is 1. The molecule has 0 spiro atoms. The molecule has 0 amide bonds. The molecule has 4 heteroatoms. The number of benzene rings is 1. The van der Waals surface area contributed by atoms with Gasteiger partial charge < -0.3 is 15.6 Å². The number of anilines is 1. The van der Waals surface area contributed by atoms with Crippen molar-refractivity contribution in [3.63, 3.8) is 0 Å². The van der Waals surface area contributed by atoms with Gasteiger partial charge in [0.15, 0.2) is 0 Å². The van der Waals surface area contributed by atoms with Crippen molar-refractivity contribution in [1.29, 1.82) is 0 Å². The zero-order chi connectivity index (χ0) is 11.7. The predicted molar refractivity (Wildman–Crippen MR) is 63.4 cm³/mol. The molecule has 0 fully saturated rings. The summed E-state index contributed by atoms with van der Waals surface area (Å²) >= 11 is 0. The Morgan fingerprint density at radius 2 is 2.25 bits per heavy atom. The number of nitrogen functional groups attached to an aromatic ring is 1. The second kappa shape index (κ2) is 3.98. The number of rotatable bonds is 2.